The standard InChI is InChI=1S/C17H28N4/c1-2-15-10-6-7-13-21(15)17-18-12-11-16(20-17)19-14-8-4-3-5-9-14/h11-12,14-15H,2-10,13H2,1H3,(H,18,19,20). The molecule has 2 fully saturated rings. The molecular formula is C17H28N4. The van der Waals surface area contributed by atoms with Gasteiger partial charge in [0, 0.05) is 24.8 Å². The molecule has 1 saturated heterocycles. The third-order valence-corrected chi connectivity index (χ3v) is 4.96. The molecule has 1 aromatic heterocycles. The smallest absolute Gasteiger partial charge is 0.227 e. The van der Waals surface area contributed by atoms with Gasteiger partial charge in [-0.15, -0.1) is 0 Å². The molecule has 21 heavy (non-hydrogen) atoms. The summed E-state index contributed by atoms with van der Waals surface area (Å²) in [5.74, 6) is 1.93. The zero-order chi connectivity index (χ0) is 14.5. The van der Waals surface area contributed by atoms with Crippen LogP contribution >= 0.6 is 0 Å². The first-order valence-electron chi connectivity index (χ1n) is 8.73. The summed E-state index contributed by atoms with van der Waals surface area (Å²) < 4.78 is 0. The molecule has 1 N–H and O–H groups in total. The number of hydrogen-bond acceptors (Lipinski definition) is 4. The molecule has 0 spiro atoms. The summed E-state index contributed by atoms with van der Waals surface area (Å²) in [7, 11) is 0. The van der Waals surface area contributed by atoms with Crippen LogP contribution in [0.5, 0.6) is 0 Å². The second-order valence-electron chi connectivity index (χ2n) is 6.47. The van der Waals surface area contributed by atoms with Crippen LogP contribution in [0.3, 0.4) is 0 Å². The molecule has 1 unspecified atom stereocenters. The van der Waals surface area contributed by atoms with Crippen LogP contribution in [0.1, 0.15) is 64.7 Å². The van der Waals surface area contributed by atoms with Gasteiger partial charge >= 0.3 is 0 Å². The number of nitrogens with one attached hydrogen (secondary N) is 1. The molecule has 1 aliphatic heterocycles. The number of aromatic nitrogens is 2. The van der Waals surface area contributed by atoms with Crippen molar-refractivity contribution < 1.29 is 0 Å². The van der Waals surface area contributed by atoms with E-state index >= 15 is 0 Å². The highest BCUT2D eigenvalue weighted by molar-refractivity contribution is 5.43. The van der Waals surface area contributed by atoms with E-state index in [1.165, 1.54) is 57.8 Å². The molecule has 116 valence electrons. The lowest BCUT2D eigenvalue weighted by molar-refractivity contribution is 0.442. The van der Waals surface area contributed by atoms with Crippen LogP contribution in [-0.2, 0) is 0 Å². The van der Waals surface area contributed by atoms with Gasteiger partial charge in [-0.1, -0.05) is 26.2 Å². The van der Waals surface area contributed by atoms with E-state index in [-0.39, 0.29) is 0 Å². The minimum atomic E-state index is 0.602. The van der Waals surface area contributed by atoms with Gasteiger partial charge in [0.2, 0.25) is 5.95 Å². The van der Waals surface area contributed by atoms with E-state index in [1.807, 2.05) is 12.3 Å². The van der Waals surface area contributed by atoms with Crippen molar-refractivity contribution in [3.05, 3.63) is 12.3 Å². The Morgan fingerprint density at radius 3 is 2.76 bits per heavy atom. The predicted molar refractivity (Wildman–Crippen MR) is 87.8 cm³/mol. The van der Waals surface area contributed by atoms with E-state index in [2.05, 4.69) is 22.1 Å². The SMILES string of the molecule is CCC1CCCCN1c1nccc(NC2CCCCC2)n1. The third-order valence-electron chi connectivity index (χ3n) is 4.96. The Balaban J connectivity index is 1.69. The summed E-state index contributed by atoms with van der Waals surface area (Å²) in [5, 5.41) is 3.62. The number of nitrogens with zero attached hydrogens (tertiary/aromatic N) is 3. The van der Waals surface area contributed by atoms with Crippen LogP contribution in [-0.4, -0.2) is 28.6 Å². The van der Waals surface area contributed by atoms with Crippen molar-refractivity contribution in [2.45, 2.75) is 76.8 Å². The van der Waals surface area contributed by atoms with Crippen molar-refractivity contribution in [3.63, 3.8) is 0 Å². The molecule has 0 amide bonds. The van der Waals surface area contributed by atoms with Gasteiger partial charge in [-0.2, -0.15) is 4.98 Å². The summed E-state index contributed by atoms with van der Waals surface area (Å²) >= 11 is 0. The van der Waals surface area contributed by atoms with Crippen LogP contribution in [0.2, 0.25) is 0 Å². The zero-order valence-corrected chi connectivity index (χ0v) is 13.2. The summed E-state index contributed by atoms with van der Waals surface area (Å²) in [6.07, 6.45) is 13.6. The van der Waals surface area contributed by atoms with Gasteiger partial charge < -0.3 is 10.2 Å². The maximum absolute atomic E-state index is 4.79. The first kappa shape index (κ1) is 14.6. The molecular weight excluding hydrogens is 260 g/mol. The van der Waals surface area contributed by atoms with Gasteiger partial charge in [-0.05, 0) is 44.6 Å². The Bertz CT molecular complexity index is 442. The number of anilines is 2. The molecule has 3 rings (SSSR count). The Labute approximate surface area is 128 Å². The maximum atomic E-state index is 4.79. The van der Waals surface area contributed by atoms with Crippen LogP contribution in [0.25, 0.3) is 0 Å². The minimum absolute atomic E-state index is 0.602. The largest absolute Gasteiger partial charge is 0.367 e. The highest BCUT2D eigenvalue weighted by atomic mass is 15.3. The topological polar surface area (TPSA) is 41.1 Å². The first-order valence-corrected chi connectivity index (χ1v) is 8.73. The molecule has 0 radical (unpaired) electrons. The molecule has 1 aromatic rings. The summed E-state index contributed by atoms with van der Waals surface area (Å²) in [6, 6.07) is 3.23. The Morgan fingerprint density at radius 1 is 1.14 bits per heavy atom. The van der Waals surface area contributed by atoms with E-state index in [0.717, 1.165) is 18.3 Å². The van der Waals surface area contributed by atoms with E-state index in [0.29, 0.717) is 12.1 Å². The van der Waals surface area contributed by atoms with Crippen LogP contribution < -0.4 is 10.2 Å². The van der Waals surface area contributed by atoms with Gasteiger partial charge in [0.1, 0.15) is 5.82 Å². The van der Waals surface area contributed by atoms with Gasteiger partial charge in [0.25, 0.3) is 0 Å². The highest BCUT2D eigenvalue weighted by Crippen LogP contribution is 2.25. The average molecular weight is 288 g/mol. The van der Waals surface area contributed by atoms with Crippen LogP contribution in [0, 0.1) is 0 Å². The normalized spacial score (nSPS) is 24.0. The lowest BCUT2D eigenvalue weighted by Gasteiger charge is -2.35. The monoisotopic (exact) mass is 288 g/mol. The van der Waals surface area contributed by atoms with Crippen molar-refractivity contribution in [3.8, 4) is 0 Å². The molecule has 1 saturated carbocycles. The molecule has 2 heterocycles. The molecule has 0 bridgehead atoms. The van der Waals surface area contributed by atoms with Gasteiger partial charge in [-0.25, -0.2) is 4.98 Å². The van der Waals surface area contributed by atoms with E-state index in [1.54, 1.807) is 0 Å². The van der Waals surface area contributed by atoms with Gasteiger partial charge in [0.15, 0.2) is 0 Å². The van der Waals surface area contributed by atoms with Crippen LogP contribution in [0.15, 0.2) is 12.3 Å². The predicted octanol–water partition coefficient (Wildman–Crippen LogP) is 3.99. The lowest BCUT2D eigenvalue weighted by Crippen LogP contribution is -2.40. The molecule has 2 aliphatic rings. The fraction of sp³-hybridized carbons (Fsp3) is 0.765. The van der Waals surface area contributed by atoms with Crippen molar-refractivity contribution in [1.82, 2.24) is 9.97 Å². The molecule has 4 heteroatoms. The molecule has 1 atom stereocenters. The summed E-state index contributed by atoms with van der Waals surface area (Å²) in [5.41, 5.74) is 0. The van der Waals surface area contributed by atoms with Crippen molar-refractivity contribution in [2.24, 2.45) is 0 Å². The average Bonchev–Trinajstić information content (AvgIpc) is 2.56. The minimum Gasteiger partial charge on any atom is -0.367 e. The quantitative estimate of drug-likeness (QED) is 0.909. The van der Waals surface area contributed by atoms with E-state index < -0.39 is 0 Å². The van der Waals surface area contributed by atoms with Gasteiger partial charge in [-0.3, -0.25) is 0 Å². The third kappa shape index (κ3) is 3.66. The Hall–Kier alpha value is -1.32. The van der Waals surface area contributed by atoms with Crippen molar-refractivity contribution >= 4 is 11.8 Å². The highest BCUT2D eigenvalue weighted by Gasteiger charge is 2.23. The number of hydrogen-bond donors (Lipinski definition) is 1. The van der Waals surface area contributed by atoms with Gasteiger partial charge in [0.05, 0.1) is 0 Å². The Morgan fingerprint density at radius 2 is 1.95 bits per heavy atom. The lowest BCUT2D eigenvalue weighted by atomic mass is 9.95. The van der Waals surface area contributed by atoms with Crippen molar-refractivity contribution in [1.29, 1.82) is 0 Å². The maximum Gasteiger partial charge on any atom is 0.227 e. The van der Waals surface area contributed by atoms with E-state index in [4.69, 9.17) is 4.98 Å². The fourth-order valence-electron chi connectivity index (χ4n) is 3.71. The summed E-state index contributed by atoms with van der Waals surface area (Å²) in [4.78, 5) is 11.7. The second kappa shape index (κ2) is 7.10. The Kier molecular flexibility index (Phi) is 4.94. The first-order chi connectivity index (χ1) is 10.4. The summed E-state index contributed by atoms with van der Waals surface area (Å²) in [6.45, 7) is 3.37. The molecule has 0 aromatic carbocycles. The second-order valence-corrected chi connectivity index (χ2v) is 6.47. The molecule has 4 nitrogen and oxygen atoms in total. The van der Waals surface area contributed by atoms with Crippen LogP contribution in [0.4, 0.5) is 11.8 Å². The fourth-order valence-corrected chi connectivity index (χ4v) is 3.71. The molecule has 1 aliphatic carbocycles. The van der Waals surface area contributed by atoms with Crippen molar-refractivity contribution in [2.75, 3.05) is 16.8 Å². The van der Waals surface area contributed by atoms with E-state index in [9.17, 15) is 0 Å². The zero-order valence-electron chi connectivity index (χ0n) is 13.2. The number of rotatable bonds is 4. The number of piperidine rings is 1.